The molecule has 0 bridgehead atoms. The quantitative estimate of drug-likeness (QED) is 0.888. The highest BCUT2D eigenvalue weighted by molar-refractivity contribution is 5.92. The predicted molar refractivity (Wildman–Crippen MR) is 104 cm³/mol. The van der Waals surface area contributed by atoms with Crippen LogP contribution in [0.5, 0.6) is 5.75 Å². The number of phenols is 1. The Morgan fingerprint density at radius 3 is 1.80 bits per heavy atom. The topological polar surface area (TPSA) is 26.7 Å². The molecular weight excluding hydrogens is 308 g/mol. The first-order chi connectivity index (χ1) is 12.3. The molecule has 0 aromatic heterocycles. The average Bonchev–Trinajstić information content (AvgIpc) is 2.67. The number of aromatic hydroxyl groups is 1. The molecule has 0 radical (unpaired) electrons. The van der Waals surface area contributed by atoms with E-state index in [4.69, 9.17) is 0 Å². The van der Waals surface area contributed by atoms with Crippen molar-refractivity contribution >= 4 is 10.8 Å². The van der Waals surface area contributed by atoms with Crippen LogP contribution in [0.2, 0.25) is 0 Å². The van der Waals surface area contributed by atoms with Gasteiger partial charge in [0, 0.05) is 24.0 Å². The minimum absolute atomic E-state index is 0.489. The van der Waals surface area contributed by atoms with Gasteiger partial charge in [0.1, 0.15) is 5.75 Å². The maximum absolute atomic E-state index is 10.9. The van der Waals surface area contributed by atoms with E-state index in [9.17, 15) is 5.11 Å². The molecule has 1 N–H and O–H groups in total. The molecule has 4 rings (SSSR count). The van der Waals surface area contributed by atoms with Gasteiger partial charge in [-0.3, -0.25) is 9.80 Å². The largest absolute Gasteiger partial charge is 0.507 e. The van der Waals surface area contributed by atoms with Crippen LogP contribution in [0.3, 0.4) is 0 Å². The predicted octanol–water partition coefficient (Wildman–Crippen LogP) is 4.52. The smallest absolute Gasteiger partial charge is 0.127 e. The second kappa shape index (κ2) is 7.76. The fraction of sp³-hybridized carbons (Fsp3) is 0.545. The molecule has 2 saturated heterocycles. The van der Waals surface area contributed by atoms with Gasteiger partial charge in [0.05, 0.1) is 0 Å². The summed E-state index contributed by atoms with van der Waals surface area (Å²) in [4.78, 5) is 5.07. The molecule has 0 saturated carbocycles. The maximum atomic E-state index is 10.9. The van der Waals surface area contributed by atoms with Gasteiger partial charge in [-0.1, -0.05) is 37.1 Å². The lowest BCUT2D eigenvalue weighted by Gasteiger charge is -2.29. The lowest BCUT2D eigenvalue weighted by Crippen LogP contribution is -2.30. The Bertz CT molecular complexity index is 715. The van der Waals surface area contributed by atoms with E-state index in [-0.39, 0.29) is 0 Å². The van der Waals surface area contributed by atoms with Crippen molar-refractivity contribution in [3.63, 3.8) is 0 Å². The van der Waals surface area contributed by atoms with E-state index in [1.165, 1.54) is 62.6 Å². The van der Waals surface area contributed by atoms with Crippen LogP contribution >= 0.6 is 0 Å². The Morgan fingerprint density at radius 1 is 0.680 bits per heavy atom. The lowest BCUT2D eigenvalue weighted by molar-refractivity contribution is 0.216. The standard InChI is InChI=1S/C22H30N2O/c25-22-19(17-24-13-7-2-8-14-24)15-18(16-23-11-5-1-6-12-23)20-9-3-4-10-21(20)22/h3-4,9-10,15,25H,1-2,5-8,11-14,16-17H2. The third-order valence-corrected chi connectivity index (χ3v) is 5.87. The summed E-state index contributed by atoms with van der Waals surface area (Å²) in [6.45, 7) is 6.62. The Kier molecular flexibility index (Phi) is 5.23. The highest BCUT2D eigenvalue weighted by atomic mass is 16.3. The lowest BCUT2D eigenvalue weighted by atomic mass is 9.97. The summed E-state index contributed by atoms with van der Waals surface area (Å²) in [6, 6.07) is 10.6. The summed E-state index contributed by atoms with van der Waals surface area (Å²) >= 11 is 0. The number of benzene rings is 2. The van der Waals surface area contributed by atoms with Crippen molar-refractivity contribution in [1.82, 2.24) is 9.80 Å². The van der Waals surface area contributed by atoms with Crippen molar-refractivity contribution in [2.75, 3.05) is 26.2 Å². The van der Waals surface area contributed by atoms with Crippen molar-refractivity contribution in [2.24, 2.45) is 0 Å². The van der Waals surface area contributed by atoms with Crippen LogP contribution in [-0.4, -0.2) is 41.1 Å². The molecule has 134 valence electrons. The van der Waals surface area contributed by atoms with Crippen LogP contribution in [-0.2, 0) is 13.1 Å². The maximum Gasteiger partial charge on any atom is 0.127 e. The Labute approximate surface area is 151 Å². The van der Waals surface area contributed by atoms with Crippen LogP contribution in [0.4, 0.5) is 0 Å². The van der Waals surface area contributed by atoms with Gasteiger partial charge in [0.15, 0.2) is 0 Å². The summed E-state index contributed by atoms with van der Waals surface area (Å²) in [5.41, 5.74) is 2.48. The van der Waals surface area contributed by atoms with Gasteiger partial charge in [0.25, 0.3) is 0 Å². The zero-order valence-electron chi connectivity index (χ0n) is 15.2. The number of likely N-dealkylation sites (tertiary alicyclic amines) is 2. The highest BCUT2D eigenvalue weighted by Gasteiger charge is 2.18. The monoisotopic (exact) mass is 338 g/mol. The third-order valence-electron chi connectivity index (χ3n) is 5.87. The number of hydrogen-bond acceptors (Lipinski definition) is 3. The van der Waals surface area contributed by atoms with Crippen molar-refractivity contribution in [3.05, 3.63) is 41.5 Å². The van der Waals surface area contributed by atoms with E-state index in [1.807, 2.05) is 6.07 Å². The van der Waals surface area contributed by atoms with Crippen molar-refractivity contribution in [1.29, 1.82) is 0 Å². The average molecular weight is 338 g/mol. The van der Waals surface area contributed by atoms with Gasteiger partial charge in [-0.05, 0) is 68.9 Å². The van der Waals surface area contributed by atoms with E-state index in [0.717, 1.165) is 37.1 Å². The Balaban J connectivity index is 1.66. The van der Waals surface area contributed by atoms with Crippen LogP contribution in [0.1, 0.15) is 49.7 Å². The zero-order valence-corrected chi connectivity index (χ0v) is 15.2. The number of piperidine rings is 2. The molecule has 3 nitrogen and oxygen atoms in total. The van der Waals surface area contributed by atoms with Gasteiger partial charge in [-0.2, -0.15) is 0 Å². The minimum Gasteiger partial charge on any atom is -0.507 e. The Hall–Kier alpha value is -1.58. The zero-order chi connectivity index (χ0) is 17.1. The highest BCUT2D eigenvalue weighted by Crippen LogP contribution is 2.34. The molecule has 0 atom stereocenters. The summed E-state index contributed by atoms with van der Waals surface area (Å²) < 4.78 is 0. The molecule has 3 heteroatoms. The van der Waals surface area contributed by atoms with Gasteiger partial charge >= 0.3 is 0 Å². The fourth-order valence-electron chi connectivity index (χ4n) is 4.47. The second-order valence-corrected chi connectivity index (χ2v) is 7.76. The molecule has 2 aliphatic heterocycles. The minimum atomic E-state index is 0.489. The molecule has 2 heterocycles. The molecular formula is C22H30N2O. The van der Waals surface area contributed by atoms with E-state index in [2.05, 4.69) is 34.1 Å². The van der Waals surface area contributed by atoms with Crippen molar-refractivity contribution in [3.8, 4) is 5.75 Å². The van der Waals surface area contributed by atoms with Crippen LogP contribution in [0, 0.1) is 0 Å². The second-order valence-electron chi connectivity index (χ2n) is 7.76. The summed E-state index contributed by atoms with van der Waals surface area (Å²) in [5.74, 6) is 0.489. The molecule has 2 fully saturated rings. The van der Waals surface area contributed by atoms with Crippen LogP contribution in [0.15, 0.2) is 30.3 Å². The molecule has 2 aromatic carbocycles. The molecule has 0 unspecified atom stereocenters. The van der Waals surface area contributed by atoms with Crippen LogP contribution < -0.4 is 0 Å². The van der Waals surface area contributed by atoms with Gasteiger partial charge in [-0.25, -0.2) is 0 Å². The fourth-order valence-corrected chi connectivity index (χ4v) is 4.47. The number of hydrogen-bond donors (Lipinski definition) is 1. The number of phenolic OH excluding ortho intramolecular Hbond substituents is 1. The summed E-state index contributed by atoms with van der Waals surface area (Å²) in [7, 11) is 0. The van der Waals surface area contributed by atoms with Gasteiger partial charge < -0.3 is 5.11 Å². The molecule has 0 spiro atoms. The number of fused-ring (bicyclic) bond motifs is 1. The van der Waals surface area contributed by atoms with Crippen molar-refractivity contribution < 1.29 is 5.11 Å². The van der Waals surface area contributed by atoms with Gasteiger partial charge in [-0.15, -0.1) is 0 Å². The first-order valence-corrected chi connectivity index (χ1v) is 9.98. The van der Waals surface area contributed by atoms with Crippen molar-refractivity contribution in [2.45, 2.75) is 51.6 Å². The molecule has 0 aliphatic carbocycles. The molecule has 2 aliphatic rings. The first kappa shape index (κ1) is 16.9. The van der Waals surface area contributed by atoms with E-state index < -0.39 is 0 Å². The number of rotatable bonds is 4. The summed E-state index contributed by atoms with van der Waals surface area (Å²) in [5, 5.41) is 13.1. The van der Waals surface area contributed by atoms with Gasteiger partial charge in [0.2, 0.25) is 0 Å². The number of nitrogens with zero attached hydrogens (tertiary/aromatic N) is 2. The summed E-state index contributed by atoms with van der Waals surface area (Å²) in [6.07, 6.45) is 7.92. The normalized spacial score (nSPS) is 20.2. The molecule has 0 amide bonds. The van der Waals surface area contributed by atoms with E-state index >= 15 is 0 Å². The first-order valence-electron chi connectivity index (χ1n) is 9.98. The molecule has 25 heavy (non-hydrogen) atoms. The third kappa shape index (κ3) is 3.83. The Morgan fingerprint density at radius 2 is 1.20 bits per heavy atom. The van der Waals surface area contributed by atoms with Crippen LogP contribution in [0.25, 0.3) is 10.8 Å². The van der Waals surface area contributed by atoms with E-state index in [0.29, 0.717) is 5.75 Å². The molecule has 2 aromatic rings. The van der Waals surface area contributed by atoms with E-state index in [1.54, 1.807) is 0 Å². The SMILES string of the molecule is Oc1c(CN2CCCCC2)cc(CN2CCCCC2)c2ccccc12.